The highest BCUT2D eigenvalue weighted by atomic mass is 16.5. The van der Waals surface area contributed by atoms with Gasteiger partial charge in [-0.2, -0.15) is 4.98 Å². The highest BCUT2D eigenvalue weighted by Crippen LogP contribution is 2.34. The third kappa shape index (κ3) is 2.83. The lowest BCUT2D eigenvalue weighted by Gasteiger charge is -2.26. The van der Waals surface area contributed by atoms with Gasteiger partial charge in [-0.25, -0.2) is 4.98 Å². The Morgan fingerprint density at radius 2 is 1.94 bits per heavy atom. The van der Waals surface area contributed by atoms with E-state index in [1.807, 2.05) is 0 Å². The fourth-order valence-corrected chi connectivity index (χ4v) is 2.31. The van der Waals surface area contributed by atoms with Gasteiger partial charge in [0.15, 0.2) is 5.82 Å². The molecule has 0 aliphatic heterocycles. The summed E-state index contributed by atoms with van der Waals surface area (Å²) in [5.41, 5.74) is 0. The molecular weight excluding hydrogens is 230 g/mol. The first kappa shape index (κ1) is 12.9. The number of hydrogen-bond donors (Lipinski definition) is 1. The fraction of sp³-hybridized carbons (Fsp3) is 0.692. The summed E-state index contributed by atoms with van der Waals surface area (Å²) in [4.78, 5) is 8.28. The second kappa shape index (κ2) is 5.89. The molecule has 1 saturated carbocycles. The van der Waals surface area contributed by atoms with Gasteiger partial charge >= 0.3 is 0 Å². The summed E-state index contributed by atoms with van der Waals surface area (Å²) in [6.07, 6.45) is 6.35. The van der Waals surface area contributed by atoms with Gasteiger partial charge in [0, 0.05) is 7.05 Å². The van der Waals surface area contributed by atoms with Crippen molar-refractivity contribution in [1.29, 1.82) is 0 Å². The molecule has 1 heterocycles. The van der Waals surface area contributed by atoms with Crippen LogP contribution in [0.4, 0.5) is 5.82 Å². The molecule has 0 radical (unpaired) electrons. The quantitative estimate of drug-likeness (QED) is 0.891. The standard InChI is InChI=1S/C13H21N3O2/c1-9-4-6-10(7-5-9)18-13-11(17-3)12(14-2)15-8-16-13/h8-10H,4-7H2,1-3H3,(H,14,15,16). The number of methoxy groups -OCH3 is 1. The van der Waals surface area contributed by atoms with Gasteiger partial charge < -0.3 is 14.8 Å². The Kier molecular flexibility index (Phi) is 4.23. The first-order valence-electron chi connectivity index (χ1n) is 6.48. The van der Waals surface area contributed by atoms with E-state index < -0.39 is 0 Å². The predicted molar refractivity (Wildman–Crippen MR) is 70.2 cm³/mol. The Morgan fingerprint density at radius 3 is 2.56 bits per heavy atom. The van der Waals surface area contributed by atoms with Gasteiger partial charge in [-0.15, -0.1) is 0 Å². The molecule has 0 saturated heterocycles. The molecule has 1 fully saturated rings. The Labute approximate surface area is 108 Å². The second-order valence-electron chi connectivity index (χ2n) is 4.81. The minimum absolute atomic E-state index is 0.245. The van der Waals surface area contributed by atoms with Crippen LogP contribution in [-0.4, -0.2) is 30.2 Å². The van der Waals surface area contributed by atoms with E-state index in [4.69, 9.17) is 9.47 Å². The van der Waals surface area contributed by atoms with Crippen LogP contribution in [0.5, 0.6) is 11.6 Å². The van der Waals surface area contributed by atoms with E-state index in [0.29, 0.717) is 17.4 Å². The summed E-state index contributed by atoms with van der Waals surface area (Å²) in [5.74, 6) is 2.59. The maximum Gasteiger partial charge on any atom is 0.262 e. The first-order chi connectivity index (χ1) is 8.74. The van der Waals surface area contributed by atoms with Crippen molar-refractivity contribution in [2.24, 2.45) is 5.92 Å². The van der Waals surface area contributed by atoms with Crippen LogP contribution in [0.2, 0.25) is 0 Å². The lowest BCUT2D eigenvalue weighted by molar-refractivity contribution is 0.125. The lowest BCUT2D eigenvalue weighted by atomic mass is 9.89. The zero-order chi connectivity index (χ0) is 13.0. The van der Waals surface area contributed by atoms with Gasteiger partial charge in [-0.3, -0.25) is 0 Å². The van der Waals surface area contributed by atoms with Gasteiger partial charge in [-0.1, -0.05) is 6.92 Å². The highest BCUT2D eigenvalue weighted by molar-refractivity contribution is 5.54. The Balaban J connectivity index is 2.09. The predicted octanol–water partition coefficient (Wildman–Crippen LogP) is 2.48. The number of ether oxygens (including phenoxy) is 2. The van der Waals surface area contributed by atoms with Crippen molar-refractivity contribution < 1.29 is 9.47 Å². The minimum atomic E-state index is 0.245. The molecule has 5 nitrogen and oxygen atoms in total. The third-order valence-corrected chi connectivity index (χ3v) is 3.45. The molecule has 1 aromatic heterocycles. The normalized spacial score (nSPS) is 23.5. The van der Waals surface area contributed by atoms with Crippen molar-refractivity contribution in [3.05, 3.63) is 6.33 Å². The Morgan fingerprint density at radius 1 is 1.22 bits per heavy atom. The summed E-state index contributed by atoms with van der Waals surface area (Å²) in [7, 11) is 3.41. The summed E-state index contributed by atoms with van der Waals surface area (Å²) in [6.45, 7) is 2.29. The fourth-order valence-electron chi connectivity index (χ4n) is 2.31. The number of nitrogens with zero attached hydrogens (tertiary/aromatic N) is 2. The van der Waals surface area contributed by atoms with Crippen LogP contribution in [0.3, 0.4) is 0 Å². The molecule has 0 spiro atoms. The second-order valence-corrected chi connectivity index (χ2v) is 4.81. The lowest BCUT2D eigenvalue weighted by Crippen LogP contribution is -2.23. The van der Waals surface area contributed by atoms with Gasteiger partial charge in [0.05, 0.1) is 7.11 Å². The molecule has 0 aromatic carbocycles. The van der Waals surface area contributed by atoms with Gasteiger partial charge in [-0.05, 0) is 31.6 Å². The average Bonchev–Trinajstić information content (AvgIpc) is 2.41. The monoisotopic (exact) mass is 251 g/mol. The van der Waals surface area contributed by atoms with E-state index >= 15 is 0 Å². The van der Waals surface area contributed by atoms with Crippen LogP contribution >= 0.6 is 0 Å². The summed E-state index contributed by atoms with van der Waals surface area (Å²) in [5, 5.41) is 2.98. The summed E-state index contributed by atoms with van der Waals surface area (Å²) >= 11 is 0. The van der Waals surface area contributed by atoms with Crippen LogP contribution in [0, 0.1) is 5.92 Å². The topological polar surface area (TPSA) is 56.3 Å². The molecule has 0 bridgehead atoms. The molecule has 0 atom stereocenters. The van der Waals surface area contributed by atoms with Crippen molar-refractivity contribution in [3.63, 3.8) is 0 Å². The molecule has 5 heteroatoms. The summed E-state index contributed by atoms with van der Waals surface area (Å²) in [6, 6.07) is 0. The van der Waals surface area contributed by atoms with Crippen LogP contribution in [0.15, 0.2) is 6.33 Å². The molecule has 2 rings (SSSR count). The maximum atomic E-state index is 5.95. The highest BCUT2D eigenvalue weighted by Gasteiger charge is 2.22. The maximum absolute atomic E-state index is 5.95. The molecule has 100 valence electrons. The minimum Gasteiger partial charge on any atom is -0.489 e. The van der Waals surface area contributed by atoms with E-state index in [2.05, 4.69) is 22.2 Å². The first-order valence-corrected chi connectivity index (χ1v) is 6.48. The van der Waals surface area contributed by atoms with Crippen molar-refractivity contribution >= 4 is 5.82 Å². The molecule has 1 aliphatic rings. The SMILES string of the molecule is CNc1ncnc(OC2CCC(C)CC2)c1OC. The van der Waals surface area contributed by atoms with Crippen molar-refractivity contribution in [1.82, 2.24) is 9.97 Å². The molecular formula is C13H21N3O2. The number of hydrogen-bond acceptors (Lipinski definition) is 5. The van der Waals surface area contributed by atoms with Crippen molar-refractivity contribution in [2.75, 3.05) is 19.5 Å². The molecule has 1 aromatic rings. The number of nitrogens with one attached hydrogen (secondary N) is 1. The number of anilines is 1. The van der Waals surface area contributed by atoms with Crippen molar-refractivity contribution in [3.8, 4) is 11.6 Å². The van der Waals surface area contributed by atoms with E-state index in [-0.39, 0.29) is 6.10 Å². The smallest absolute Gasteiger partial charge is 0.262 e. The van der Waals surface area contributed by atoms with Crippen LogP contribution in [0.1, 0.15) is 32.6 Å². The molecule has 1 aliphatic carbocycles. The van der Waals surface area contributed by atoms with E-state index in [1.54, 1.807) is 14.2 Å². The van der Waals surface area contributed by atoms with Gasteiger partial charge in [0.2, 0.25) is 5.75 Å². The number of rotatable bonds is 4. The molecule has 1 N–H and O–H groups in total. The Bertz CT molecular complexity index is 390. The van der Waals surface area contributed by atoms with E-state index in [9.17, 15) is 0 Å². The van der Waals surface area contributed by atoms with Crippen LogP contribution in [-0.2, 0) is 0 Å². The average molecular weight is 251 g/mol. The van der Waals surface area contributed by atoms with Gasteiger partial charge in [0.25, 0.3) is 5.88 Å². The van der Waals surface area contributed by atoms with Crippen LogP contribution < -0.4 is 14.8 Å². The largest absolute Gasteiger partial charge is 0.489 e. The van der Waals surface area contributed by atoms with Crippen LogP contribution in [0.25, 0.3) is 0 Å². The third-order valence-electron chi connectivity index (χ3n) is 3.45. The van der Waals surface area contributed by atoms with E-state index in [1.165, 1.54) is 19.2 Å². The summed E-state index contributed by atoms with van der Waals surface area (Å²) < 4.78 is 11.3. The molecule has 18 heavy (non-hydrogen) atoms. The molecule has 0 amide bonds. The zero-order valence-corrected chi connectivity index (χ0v) is 11.3. The van der Waals surface area contributed by atoms with Crippen molar-refractivity contribution in [2.45, 2.75) is 38.7 Å². The zero-order valence-electron chi connectivity index (χ0n) is 11.3. The van der Waals surface area contributed by atoms with E-state index in [0.717, 1.165) is 18.8 Å². The number of aromatic nitrogens is 2. The Hall–Kier alpha value is -1.52. The molecule has 0 unspecified atom stereocenters. The van der Waals surface area contributed by atoms with Gasteiger partial charge in [0.1, 0.15) is 12.4 Å².